The quantitative estimate of drug-likeness (QED) is 0.655. The minimum absolute atomic E-state index is 0.869. The molecule has 0 aromatic heterocycles. The minimum atomic E-state index is 0.869. The topological polar surface area (TPSA) is 12.0 Å². The predicted octanol–water partition coefficient (Wildman–Crippen LogP) is 2.80. The lowest BCUT2D eigenvalue weighted by molar-refractivity contribution is 1.10. The Balaban J connectivity index is 2.30. The van der Waals surface area contributed by atoms with Crippen LogP contribution in [0, 0.1) is 0 Å². The zero-order valence-corrected chi connectivity index (χ0v) is 8.55. The highest BCUT2D eigenvalue weighted by Gasteiger charge is 2.10. The average Bonchev–Trinajstić information content (AvgIpc) is 2.47. The second-order valence-electron chi connectivity index (χ2n) is 3.10. The molecule has 2 rings (SSSR count). The first-order valence-corrected chi connectivity index (χ1v) is 4.99. The summed E-state index contributed by atoms with van der Waals surface area (Å²) >= 11 is 5.30. The molecular weight excluding hydrogens is 190 g/mol. The van der Waals surface area contributed by atoms with Gasteiger partial charge in [0.2, 0.25) is 0 Å². The van der Waals surface area contributed by atoms with Gasteiger partial charge in [-0.15, -0.1) is 0 Å². The molecule has 0 fully saturated rings. The van der Waals surface area contributed by atoms with E-state index in [1.807, 2.05) is 36.6 Å². The summed E-state index contributed by atoms with van der Waals surface area (Å²) in [6.45, 7) is 0. The molecule has 0 saturated heterocycles. The molecule has 2 heteroatoms. The molecule has 0 atom stereocenters. The van der Waals surface area contributed by atoms with E-state index in [4.69, 9.17) is 12.2 Å². The lowest BCUT2D eigenvalue weighted by atomic mass is 10.0. The van der Waals surface area contributed by atoms with Crippen LogP contribution in [0.25, 0.3) is 0 Å². The summed E-state index contributed by atoms with van der Waals surface area (Å²) in [6, 6.07) is 0. The Kier molecular flexibility index (Phi) is 2.75. The fourth-order valence-corrected chi connectivity index (χ4v) is 1.68. The molecular formula is C12H11NS. The molecule has 0 amide bonds. The van der Waals surface area contributed by atoms with Crippen LogP contribution in [-0.4, -0.2) is 4.86 Å². The molecule has 14 heavy (non-hydrogen) atoms. The first-order chi connectivity index (χ1) is 6.88. The van der Waals surface area contributed by atoms with Crippen LogP contribution in [0.2, 0.25) is 0 Å². The number of rotatable bonds is 1. The maximum absolute atomic E-state index is 5.30. The fourth-order valence-electron chi connectivity index (χ4n) is 1.41. The second kappa shape index (κ2) is 4.20. The van der Waals surface area contributed by atoms with E-state index < -0.39 is 0 Å². The molecule has 1 aliphatic carbocycles. The summed E-state index contributed by atoms with van der Waals surface area (Å²) < 4.78 is 0. The Morgan fingerprint density at radius 3 is 2.86 bits per heavy atom. The van der Waals surface area contributed by atoms with Crippen molar-refractivity contribution in [3.8, 4) is 0 Å². The first kappa shape index (κ1) is 9.16. The van der Waals surface area contributed by atoms with Gasteiger partial charge in [-0.2, -0.15) is 0 Å². The number of hydrogen-bond acceptors (Lipinski definition) is 2. The molecule has 1 aliphatic heterocycles. The monoisotopic (exact) mass is 201 g/mol. The third kappa shape index (κ3) is 1.91. The van der Waals surface area contributed by atoms with Crippen molar-refractivity contribution in [2.75, 3.05) is 0 Å². The van der Waals surface area contributed by atoms with Gasteiger partial charge in [0.25, 0.3) is 0 Å². The second-order valence-corrected chi connectivity index (χ2v) is 3.60. The van der Waals surface area contributed by atoms with E-state index in [-0.39, 0.29) is 0 Å². The largest absolute Gasteiger partial charge is 0.361 e. The van der Waals surface area contributed by atoms with Crippen molar-refractivity contribution in [3.63, 3.8) is 0 Å². The van der Waals surface area contributed by atoms with E-state index >= 15 is 0 Å². The molecule has 0 radical (unpaired) electrons. The van der Waals surface area contributed by atoms with Crippen molar-refractivity contribution in [3.05, 3.63) is 60.0 Å². The summed E-state index contributed by atoms with van der Waals surface area (Å²) in [6.07, 6.45) is 17.0. The van der Waals surface area contributed by atoms with Crippen LogP contribution < -0.4 is 5.32 Å². The van der Waals surface area contributed by atoms with Gasteiger partial charge in [0, 0.05) is 28.8 Å². The number of allylic oxidation sites excluding steroid dienone is 8. The molecule has 1 N–H and O–H groups in total. The van der Waals surface area contributed by atoms with Crippen molar-refractivity contribution < 1.29 is 0 Å². The molecule has 1 heterocycles. The standard InChI is InChI=1S/C12H11NS/c14-12-8-4-3-6-10(12)11-7-2-1-5-9-13-11/h1-7,9,13H,8H2. The maximum Gasteiger partial charge on any atom is 0.0464 e. The molecule has 0 saturated carbocycles. The van der Waals surface area contributed by atoms with Crippen molar-refractivity contribution in [2.24, 2.45) is 0 Å². The van der Waals surface area contributed by atoms with E-state index in [0.717, 1.165) is 22.6 Å². The van der Waals surface area contributed by atoms with E-state index in [1.54, 1.807) is 0 Å². The third-order valence-electron chi connectivity index (χ3n) is 2.11. The van der Waals surface area contributed by atoms with Crippen molar-refractivity contribution in [1.29, 1.82) is 0 Å². The van der Waals surface area contributed by atoms with Gasteiger partial charge in [-0.05, 0) is 12.2 Å². The first-order valence-electron chi connectivity index (χ1n) is 4.58. The highest BCUT2D eigenvalue weighted by molar-refractivity contribution is 7.80. The van der Waals surface area contributed by atoms with Crippen LogP contribution in [0.5, 0.6) is 0 Å². The summed E-state index contributed by atoms with van der Waals surface area (Å²) in [5, 5.41) is 3.21. The maximum atomic E-state index is 5.30. The zero-order chi connectivity index (χ0) is 9.80. The van der Waals surface area contributed by atoms with Gasteiger partial charge >= 0.3 is 0 Å². The van der Waals surface area contributed by atoms with E-state index in [1.165, 1.54) is 0 Å². The van der Waals surface area contributed by atoms with Crippen LogP contribution in [0.15, 0.2) is 60.0 Å². The fraction of sp³-hybridized carbons (Fsp3) is 0.0833. The lowest BCUT2D eigenvalue weighted by Gasteiger charge is -2.13. The molecule has 1 nitrogen and oxygen atoms in total. The van der Waals surface area contributed by atoms with Crippen molar-refractivity contribution in [2.45, 2.75) is 6.42 Å². The summed E-state index contributed by atoms with van der Waals surface area (Å²) in [7, 11) is 0. The van der Waals surface area contributed by atoms with Gasteiger partial charge in [0.1, 0.15) is 0 Å². The van der Waals surface area contributed by atoms with Crippen LogP contribution in [0.3, 0.4) is 0 Å². The number of hydrogen-bond donors (Lipinski definition) is 1. The number of nitrogens with one attached hydrogen (secondary N) is 1. The molecule has 0 unspecified atom stereocenters. The number of thiocarbonyl (C=S) groups is 1. The van der Waals surface area contributed by atoms with Crippen LogP contribution >= 0.6 is 12.2 Å². The average molecular weight is 201 g/mol. The van der Waals surface area contributed by atoms with Gasteiger partial charge in [0.15, 0.2) is 0 Å². The Labute approximate surface area is 89.2 Å². The Bertz CT molecular complexity index is 395. The summed E-state index contributed by atoms with van der Waals surface area (Å²) in [5.41, 5.74) is 2.20. The van der Waals surface area contributed by atoms with Gasteiger partial charge in [0.05, 0.1) is 0 Å². The predicted molar refractivity (Wildman–Crippen MR) is 63.9 cm³/mol. The SMILES string of the molecule is S=C1CC=CC=C1C1=CC=CC=CN1. The molecule has 0 aromatic rings. The smallest absolute Gasteiger partial charge is 0.0464 e. The van der Waals surface area contributed by atoms with Crippen molar-refractivity contribution in [1.82, 2.24) is 5.32 Å². The van der Waals surface area contributed by atoms with Crippen LogP contribution in [-0.2, 0) is 0 Å². The highest BCUT2D eigenvalue weighted by Crippen LogP contribution is 2.17. The molecule has 0 bridgehead atoms. The Morgan fingerprint density at radius 1 is 1.07 bits per heavy atom. The van der Waals surface area contributed by atoms with Gasteiger partial charge < -0.3 is 5.32 Å². The molecule has 0 aromatic carbocycles. The normalized spacial score (nSPS) is 19.9. The van der Waals surface area contributed by atoms with Gasteiger partial charge in [-0.3, -0.25) is 0 Å². The van der Waals surface area contributed by atoms with Gasteiger partial charge in [-0.25, -0.2) is 0 Å². The Morgan fingerprint density at radius 2 is 2.00 bits per heavy atom. The van der Waals surface area contributed by atoms with Gasteiger partial charge in [-0.1, -0.05) is 42.6 Å². The highest BCUT2D eigenvalue weighted by atomic mass is 32.1. The van der Waals surface area contributed by atoms with Crippen LogP contribution in [0.4, 0.5) is 0 Å². The summed E-state index contributed by atoms with van der Waals surface area (Å²) in [5.74, 6) is 0. The van der Waals surface area contributed by atoms with Crippen molar-refractivity contribution >= 4 is 17.1 Å². The molecule has 70 valence electrons. The van der Waals surface area contributed by atoms with Crippen LogP contribution in [0.1, 0.15) is 6.42 Å². The lowest BCUT2D eigenvalue weighted by Crippen LogP contribution is -2.13. The third-order valence-corrected chi connectivity index (χ3v) is 2.50. The minimum Gasteiger partial charge on any atom is -0.361 e. The molecule has 0 spiro atoms. The van der Waals surface area contributed by atoms with E-state index in [2.05, 4.69) is 17.5 Å². The van der Waals surface area contributed by atoms with E-state index in [0.29, 0.717) is 0 Å². The zero-order valence-electron chi connectivity index (χ0n) is 7.73. The Hall–Kier alpha value is -1.41. The molecule has 2 aliphatic rings. The van der Waals surface area contributed by atoms with E-state index in [9.17, 15) is 0 Å². The summed E-state index contributed by atoms with van der Waals surface area (Å²) in [4.78, 5) is 0.995.